The first-order valence-corrected chi connectivity index (χ1v) is 8.52. The lowest BCUT2D eigenvalue weighted by Crippen LogP contribution is -2.62. The molecular formula is C14H23O6P. The zero-order valence-corrected chi connectivity index (χ0v) is 14.3. The molecule has 0 aromatic carbocycles. The third-order valence-corrected chi connectivity index (χ3v) is 6.92. The molecule has 0 N–H and O–H groups in total. The van der Waals surface area contributed by atoms with E-state index in [4.69, 9.17) is 27.8 Å². The van der Waals surface area contributed by atoms with Gasteiger partial charge in [-0.05, 0) is 41.5 Å². The largest absolute Gasteiger partial charge is 0.338 e. The molecule has 0 aromatic heterocycles. The lowest BCUT2D eigenvalue weighted by atomic mass is 9.72. The average molecular weight is 318 g/mol. The predicted molar refractivity (Wildman–Crippen MR) is 74.4 cm³/mol. The van der Waals surface area contributed by atoms with Crippen LogP contribution in [0.15, 0.2) is 0 Å². The topological polar surface area (TPSA) is 55.4 Å². The summed E-state index contributed by atoms with van der Waals surface area (Å²) in [7, 11) is -1.36. The second kappa shape index (κ2) is 3.81. The molecule has 0 aliphatic carbocycles. The van der Waals surface area contributed by atoms with Crippen LogP contribution < -0.4 is 0 Å². The van der Waals surface area contributed by atoms with Gasteiger partial charge in [-0.25, -0.2) is 0 Å². The summed E-state index contributed by atoms with van der Waals surface area (Å²) in [5, 5.41) is 0. The van der Waals surface area contributed by atoms with E-state index < -0.39 is 37.0 Å². The van der Waals surface area contributed by atoms with Crippen molar-refractivity contribution in [3.63, 3.8) is 0 Å². The molecule has 4 aliphatic rings. The second-order valence-corrected chi connectivity index (χ2v) is 8.59. The van der Waals surface area contributed by atoms with Crippen LogP contribution in [0.1, 0.15) is 48.0 Å². The van der Waals surface area contributed by atoms with Crippen LogP contribution in [0.3, 0.4) is 0 Å². The Kier molecular flexibility index (Phi) is 2.68. The van der Waals surface area contributed by atoms with Crippen molar-refractivity contribution in [1.82, 2.24) is 0 Å². The SMILES string of the molecule is CC1(C)O[C@@]2(C)O[C@]3(C)C[C@@H]4CO[P@](O4)O[C@]3(C)[C@]2(C)O1. The maximum atomic E-state index is 6.44. The van der Waals surface area contributed by atoms with Crippen molar-refractivity contribution >= 4 is 8.60 Å². The Balaban J connectivity index is 1.83. The lowest BCUT2D eigenvalue weighted by Gasteiger charge is -2.45. The Labute approximate surface area is 126 Å². The first-order valence-electron chi connectivity index (χ1n) is 7.42. The quantitative estimate of drug-likeness (QED) is 0.640. The minimum absolute atomic E-state index is 0.00183. The third-order valence-electron chi connectivity index (χ3n) is 5.57. The van der Waals surface area contributed by atoms with Gasteiger partial charge in [-0.2, -0.15) is 0 Å². The summed E-state index contributed by atoms with van der Waals surface area (Å²) < 4.78 is 36.6. The molecule has 0 amide bonds. The number of fused-ring (bicyclic) bond motifs is 5. The molecule has 4 rings (SSSR count). The van der Waals surface area contributed by atoms with E-state index in [9.17, 15) is 0 Å². The highest BCUT2D eigenvalue weighted by molar-refractivity contribution is 7.42. The van der Waals surface area contributed by atoms with E-state index in [0.717, 1.165) is 0 Å². The molecule has 0 aromatic rings. The summed E-state index contributed by atoms with van der Waals surface area (Å²) in [6, 6.07) is 0. The van der Waals surface area contributed by atoms with Gasteiger partial charge in [0.1, 0.15) is 11.2 Å². The first-order chi connectivity index (χ1) is 9.53. The van der Waals surface area contributed by atoms with Crippen molar-refractivity contribution in [2.45, 2.75) is 82.4 Å². The van der Waals surface area contributed by atoms with Gasteiger partial charge >= 0.3 is 8.60 Å². The van der Waals surface area contributed by atoms with E-state index in [2.05, 4.69) is 6.92 Å². The smallest absolute Gasteiger partial charge is 0.333 e. The summed E-state index contributed by atoms with van der Waals surface area (Å²) in [6.45, 7) is 12.4. The molecule has 0 unspecified atom stereocenters. The Bertz CT molecular complexity index is 500. The van der Waals surface area contributed by atoms with Crippen LogP contribution in [0.2, 0.25) is 0 Å². The zero-order chi connectivity index (χ0) is 15.3. The van der Waals surface area contributed by atoms with E-state index in [1.54, 1.807) is 0 Å². The highest BCUT2D eigenvalue weighted by Crippen LogP contribution is 2.69. The van der Waals surface area contributed by atoms with Crippen LogP contribution in [0.25, 0.3) is 0 Å². The molecule has 6 atom stereocenters. The summed E-state index contributed by atoms with van der Waals surface area (Å²) in [5.74, 6) is -1.59. The van der Waals surface area contributed by atoms with E-state index >= 15 is 0 Å². The Hall–Kier alpha value is 0.190. The molecule has 0 spiro atoms. The van der Waals surface area contributed by atoms with Gasteiger partial charge < -0.3 is 23.3 Å². The fourth-order valence-corrected chi connectivity index (χ4v) is 5.82. The third kappa shape index (κ3) is 1.62. The summed E-state index contributed by atoms with van der Waals surface area (Å²) in [6.07, 6.45) is 0.697. The molecule has 4 fully saturated rings. The van der Waals surface area contributed by atoms with Crippen LogP contribution in [0.5, 0.6) is 0 Å². The van der Waals surface area contributed by atoms with E-state index in [1.165, 1.54) is 0 Å². The van der Waals surface area contributed by atoms with Gasteiger partial charge in [0.05, 0.1) is 12.7 Å². The highest BCUT2D eigenvalue weighted by atomic mass is 31.2. The van der Waals surface area contributed by atoms with Gasteiger partial charge in [0.15, 0.2) is 11.4 Å². The molecule has 4 aliphatic heterocycles. The van der Waals surface area contributed by atoms with Crippen molar-refractivity contribution in [2.24, 2.45) is 0 Å². The molecule has 6 nitrogen and oxygen atoms in total. The average Bonchev–Trinajstić information content (AvgIpc) is 2.78. The van der Waals surface area contributed by atoms with Gasteiger partial charge in [-0.1, -0.05) is 0 Å². The second-order valence-electron chi connectivity index (χ2n) is 7.49. The fraction of sp³-hybridized carbons (Fsp3) is 1.00. The number of hydrogen-bond acceptors (Lipinski definition) is 6. The maximum Gasteiger partial charge on any atom is 0.333 e. The van der Waals surface area contributed by atoms with Crippen LogP contribution >= 0.6 is 8.60 Å². The molecule has 21 heavy (non-hydrogen) atoms. The van der Waals surface area contributed by atoms with Gasteiger partial charge in [-0.3, -0.25) is 4.52 Å². The van der Waals surface area contributed by atoms with Crippen molar-refractivity contribution in [2.75, 3.05) is 6.61 Å². The van der Waals surface area contributed by atoms with E-state index in [-0.39, 0.29) is 6.10 Å². The molecule has 0 saturated carbocycles. The Morgan fingerprint density at radius 1 is 0.905 bits per heavy atom. The van der Waals surface area contributed by atoms with Crippen LogP contribution in [0.4, 0.5) is 0 Å². The molecule has 0 radical (unpaired) electrons. The van der Waals surface area contributed by atoms with Crippen LogP contribution in [-0.4, -0.2) is 41.1 Å². The van der Waals surface area contributed by atoms with Crippen molar-refractivity contribution in [3.8, 4) is 0 Å². The summed E-state index contributed by atoms with van der Waals surface area (Å²) in [4.78, 5) is 0. The van der Waals surface area contributed by atoms with Crippen molar-refractivity contribution in [1.29, 1.82) is 0 Å². The zero-order valence-electron chi connectivity index (χ0n) is 13.4. The van der Waals surface area contributed by atoms with Crippen LogP contribution in [0, 0.1) is 0 Å². The van der Waals surface area contributed by atoms with Crippen molar-refractivity contribution < 1.29 is 27.8 Å². The standard InChI is InChI=1S/C14H23O6P/c1-10(2)17-13(5)12(4)11(3,19-14(13,6)18-10)7-9-8-15-21(16-9)20-12/h9H,7-8H2,1-6H3/t9-,11-,12+,13+,14+,21-/m1/s1. The number of ether oxygens (including phenoxy) is 3. The maximum absolute atomic E-state index is 6.44. The van der Waals surface area contributed by atoms with Gasteiger partial charge in [0, 0.05) is 6.42 Å². The minimum atomic E-state index is -1.36. The lowest BCUT2D eigenvalue weighted by molar-refractivity contribution is -0.284. The number of rotatable bonds is 0. The molecule has 120 valence electrons. The monoisotopic (exact) mass is 318 g/mol. The molecule has 4 saturated heterocycles. The minimum Gasteiger partial charge on any atom is -0.338 e. The van der Waals surface area contributed by atoms with Gasteiger partial charge in [-0.15, -0.1) is 0 Å². The van der Waals surface area contributed by atoms with Crippen LogP contribution in [-0.2, 0) is 27.8 Å². The normalized spacial score (nSPS) is 61.4. The summed E-state index contributed by atoms with van der Waals surface area (Å²) in [5.41, 5.74) is -2.03. The Morgan fingerprint density at radius 3 is 2.33 bits per heavy atom. The fourth-order valence-electron chi connectivity index (χ4n) is 4.33. The highest BCUT2D eigenvalue weighted by Gasteiger charge is 2.81. The first kappa shape index (κ1) is 14.8. The van der Waals surface area contributed by atoms with E-state index in [1.807, 2.05) is 34.6 Å². The van der Waals surface area contributed by atoms with Gasteiger partial charge in [0.25, 0.3) is 0 Å². The predicted octanol–water partition coefficient (Wildman–Crippen LogP) is 2.85. The van der Waals surface area contributed by atoms with Crippen molar-refractivity contribution in [3.05, 3.63) is 0 Å². The number of hydrogen-bond donors (Lipinski definition) is 0. The van der Waals surface area contributed by atoms with Gasteiger partial charge in [0.2, 0.25) is 5.79 Å². The molecule has 4 heterocycles. The summed E-state index contributed by atoms with van der Waals surface area (Å²) >= 11 is 0. The van der Waals surface area contributed by atoms with E-state index in [0.29, 0.717) is 13.0 Å². The molecular weight excluding hydrogens is 295 g/mol. The molecule has 2 bridgehead atoms. The Morgan fingerprint density at radius 2 is 1.62 bits per heavy atom. The molecule has 7 heteroatoms.